The van der Waals surface area contributed by atoms with Crippen molar-refractivity contribution in [3.63, 3.8) is 0 Å². The molecule has 2 aromatic carbocycles. The molecule has 0 aromatic heterocycles. The van der Waals surface area contributed by atoms with Crippen LogP contribution in [0.3, 0.4) is 0 Å². The molecule has 1 aliphatic carbocycles. The number of anilines is 1. The Bertz CT molecular complexity index is 549. The first-order valence-corrected chi connectivity index (χ1v) is 7.43. The van der Waals surface area contributed by atoms with Crippen LogP contribution in [-0.4, -0.2) is 19.8 Å². The maximum atomic E-state index is 5.79. The number of methoxy groups -OCH3 is 1. The zero-order chi connectivity index (χ0) is 14.5. The van der Waals surface area contributed by atoms with E-state index in [0.29, 0.717) is 6.04 Å². The molecule has 1 fully saturated rings. The van der Waals surface area contributed by atoms with Crippen molar-refractivity contribution in [2.24, 2.45) is 5.92 Å². The fourth-order valence-electron chi connectivity index (χ4n) is 2.43. The molecule has 0 radical (unpaired) electrons. The third kappa shape index (κ3) is 3.99. The summed E-state index contributed by atoms with van der Waals surface area (Å²) in [4.78, 5) is 0. The minimum Gasteiger partial charge on any atom is -0.457 e. The van der Waals surface area contributed by atoms with Crippen LogP contribution in [0, 0.1) is 5.92 Å². The minimum atomic E-state index is 0.413. The summed E-state index contributed by atoms with van der Waals surface area (Å²) < 4.78 is 11.1. The first kappa shape index (κ1) is 14.0. The second-order valence-corrected chi connectivity index (χ2v) is 5.48. The molecule has 1 aliphatic rings. The average Bonchev–Trinajstić information content (AvgIpc) is 3.35. The molecule has 0 spiro atoms. The fourth-order valence-corrected chi connectivity index (χ4v) is 2.43. The number of hydrogen-bond donors (Lipinski definition) is 1. The van der Waals surface area contributed by atoms with Gasteiger partial charge in [-0.05, 0) is 55.2 Å². The van der Waals surface area contributed by atoms with Gasteiger partial charge in [0.1, 0.15) is 11.5 Å². The number of para-hydroxylation sites is 1. The third-order valence-corrected chi connectivity index (χ3v) is 3.72. The Balaban J connectivity index is 1.61. The molecule has 2 aromatic rings. The molecular formula is C18H21NO2. The van der Waals surface area contributed by atoms with E-state index >= 15 is 0 Å². The lowest BCUT2D eigenvalue weighted by Crippen LogP contribution is -2.27. The van der Waals surface area contributed by atoms with Crippen LogP contribution < -0.4 is 10.1 Å². The van der Waals surface area contributed by atoms with E-state index in [1.807, 2.05) is 42.5 Å². The van der Waals surface area contributed by atoms with Crippen molar-refractivity contribution < 1.29 is 9.47 Å². The summed E-state index contributed by atoms with van der Waals surface area (Å²) in [6.07, 6.45) is 2.60. The summed E-state index contributed by atoms with van der Waals surface area (Å²) in [6.45, 7) is 0.757. The quantitative estimate of drug-likeness (QED) is 0.821. The average molecular weight is 283 g/mol. The Kier molecular flexibility index (Phi) is 4.41. The highest BCUT2D eigenvalue weighted by molar-refractivity contribution is 5.48. The highest BCUT2D eigenvalue weighted by atomic mass is 16.5. The van der Waals surface area contributed by atoms with Crippen molar-refractivity contribution in [3.05, 3.63) is 54.6 Å². The van der Waals surface area contributed by atoms with Crippen molar-refractivity contribution in [2.75, 3.05) is 19.0 Å². The lowest BCUT2D eigenvalue weighted by atomic mass is 10.2. The van der Waals surface area contributed by atoms with Gasteiger partial charge in [-0.2, -0.15) is 0 Å². The minimum absolute atomic E-state index is 0.413. The summed E-state index contributed by atoms with van der Waals surface area (Å²) in [5.41, 5.74) is 1.12. The van der Waals surface area contributed by atoms with Crippen molar-refractivity contribution >= 4 is 5.69 Å². The molecule has 0 bridgehead atoms. The molecule has 1 saturated carbocycles. The number of ether oxygens (including phenoxy) is 2. The van der Waals surface area contributed by atoms with E-state index in [2.05, 4.69) is 17.4 Å². The molecule has 0 heterocycles. The van der Waals surface area contributed by atoms with E-state index in [1.165, 1.54) is 12.8 Å². The van der Waals surface area contributed by atoms with E-state index in [4.69, 9.17) is 9.47 Å². The molecule has 0 saturated heterocycles. The SMILES string of the molecule is COCC(Nc1ccc(Oc2ccccc2)cc1)C1CC1. The Morgan fingerprint density at radius 1 is 1.00 bits per heavy atom. The van der Waals surface area contributed by atoms with Crippen LogP contribution in [0.25, 0.3) is 0 Å². The van der Waals surface area contributed by atoms with Gasteiger partial charge in [0.2, 0.25) is 0 Å². The molecule has 1 N–H and O–H groups in total. The van der Waals surface area contributed by atoms with Crippen molar-refractivity contribution in [3.8, 4) is 11.5 Å². The van der Waals surface area contributed by atoms with Gasteiger partial charge >= 0.3 is 0 Å². The normalized spacial score (nSPS) is 15.5. The van der Waals surface area contributed by atoms with Crippen molar-refractivity contribution in [1.82, 2.24) is 0 Å². The Hall–Kier alpha value is -2.00. The molecule has 0 amide bonds. The summed E-state index contributed by atoms with van der Waals surface area (Å²) in [7, 11) is 1.76. The summed E-state index contributed by atoms with van der Waals surface area (Å²) in [5.74, 6) is 2.46. The highest BCUT2D eigenvalue weighted by Gasteiger charge is 2.30. The molecule has 21 heavy (non-hydrogen) atoms. The fraction of sp³-hybridized carbons (Fsp3) is 0.333. The third-order valence-electron chi connectivity index (χ3n) is 3.72. The van der Waals surface area contributed by atoms with E-state index in [1.54, 1.807) is 7.11 Å². The number of nitrogens with one attached hydrogen (secondary N) is 1. The highest BCUT2D eigenvalue weighted by Crippen LogP contribution is 2.34. The number of benzene rings is 2. The Morgan fingerprint density at radius 2 is 1.67 bits per heavy atom. The van der Waals surface area contributed by atoms with Crippen LogP contribution >= 0.6 is 0 Å². The van der Waals surface area contributed by atoms with Crippen LogP contribution in [0.15, 0.2) is 54.6 Å². The van der Waals surface area contributed by atoms with Gasteiger partial charge in [0.15, 0.2) is 0 Å². The van der Waals surface area contributed by atoms with Gasteiger partial charge in [0.05, 0.1) is 12.6 Å². The molecule has 3 rings (SSSR count). The maximum absolute atomic E-state index is 5.79. The van der Waals surface area contributed by atoms with Crippen molar-refractivity contribution in [1.29, 1.82) is 0 Å². The van der Waals surface area contributed by atoms with E-state index in [0.717, 1.165) is 29.7 Å². The summed E-state index contributed by atoms with van der Waals surface area (Å²) in [6, 6.07) is 18.3. The molecule has 1 atom stereocenters. The van der Waals surface area contributed by atoms with Crippen LogP contribution in [0.4, 0.5) is 5.69 Å². The lowest BCUT2D eigenvalue weighted by Gasteiger charge is -2.18. The predicted octanol–water partition coefficient (Wildman–Crippen LogP) is 4.32. The van der Waals surface area contributed by atoms with E-state index in [-0.39, 0.29) is 0 Å². The zero-order valence-electron chi connectivity index (χ0n) is 12.3. The topological polar surface area (TPSA) is 30.5 Å². The zero-order valence-corrected chi connectivity index (χ0v) is 12.3. The second-order valence-electron chi connectivity index (χ2n) is 5.48. The van der Waals surface area contributed by atoms with Crippen LogP contribution in [-0.2, 0) is 4.74 Å². The first-order chi connectivity index (χ1) is 10.3. The molecule has 3 nitrogen and oxygen atoms in total. The standard InChI is InChI=1S/C18H21NO2/c1-20-13-18(14-7-8-14)19-15-9-11-17(12-10-15)21-16-5-3-2-4-6-16/h2-6,9-12,14,18-19H,7-8,13H2,1H3. The van der Waals surface area contributed by atoms with Gasteiger partial charge in [0.25, 0.3) is 0 Å². The van der Waals surface area contributed by atoms with Gasteiger partial charge in [-0.25, -0.2) is 0 Å². The second kappa shape index (κ2) is 6.64. The smallest absolute Gasteiger partial charge is 0.127 e. The van der Waals surface area contributed by atoms with Gasteiger partial charge < -0.3 is 14.8 Å². The predicted molar refractivity (Wildman–Crippen MR) is 85.0 cm³/mol. The monoisotopic (exact) mass is 283 g/mol. The maximum Gasteiger partial charge on any atom is 0.127 e. The Morgan fingerprint density at radius 3 is 2.29 bits per heavy atom. The van der Waals surface area contributed by atoms with E-state index in [9.17, 15) is 0 Å². The number of rotatable bonds is 7. The van der Waals surface area contributed by atoms with Crippen LogP contribution in [0.2, 0.25) is 0 Å². The molecule has 3 heteroatoms. The van der Waals surface area contributed by atoms with Gasteiger partial charge in [0, 0.05) is 12.8 Å². The van der Waals surface area contributed by atoms with Crippen LogP contribution in [0.5, 0.6) is 11.5 Å². The molecular weight excluding hydrogens is 262 g/mol. The molecule has 110 valence electrons. The van der Waals surface area contributed by atoms with Gasteiger partial charge in [-0.1, -0.05) is 18.2 Å². The lowest BCUT2D eigenvalue weighted by molar-refractivity contribution is 0.179. The molecule has 1 unspecified atom stereocenters. The van der Waals surface area contributed by atoms with Gasteiger partial charge in [-0.3, -0.25) is 0 Å². The van der Waals surface area contributed by atoms with Gasteiger partial charge in [-0.15, -0.1) is 0 Å². The van der Waals surface area contributed by atoms with Crippen molar-refractivity contribution in [2.45, 2.75) is 18.9 Å². The Labute approximate surface area is 125 Å². The van der Waals surface area contributed by atoms with Crippen LogP contribution in [0.1, 0.15) is 12.8 Å². The summed E-state index contributed by atoms with van der Waals surface area (Å²) in [5, 5.41) is 3.55. The van der Waals surface area contributed by atoms with E-state index < -0.39 is 0 Å². The molecule has 0 aliphatic heterocycles. The largest absolute Gasteiger partial charge is 0.457 e. The summed E-state index contributed by atoms with van der Waals surface area (Å²) >= 11 is 0. The first-order valence-electron chi connectivity index (χ1n) is 7.43. The number of hydrogen-bond acceptors (Lipinski definition) is 3.